The number of nitrogens with one attached hydrogen (secondary N) is 2. The first-order valence-corrected chi connectivity index (χ1v) is 6.44. The van der Waals surface area contributed by atoms with Gasteiger partial charge in [0.1, 0.15) is 6.04 Å². The number of aryl methyl sites for hydroxylation is 1. The summed E-state index contributed by atoms with van der Waals surface area (Å²) in [6.07, 6.45) is 0.744. The molecule has 1 aliphatic rings. The maximum absolute atomic E-state index is 12.2. The molecular weight excluding hydrogens is 236 g/mol. The molecule has 2 N–H and O–H groups in total. The zero-order valence-electron chi connectivity index (χ0n) is 10.8. The number of benzene rings is 2. The molecule has 2 aromatic rings. The molecule has 0 fully saturated rings. The molecular formula is C16H16N2O. The van der Waals surface area contributed by atoms with Gasteiger partial charge in [0.25, 0.3) is 0 Å². The molecule has 0 aromatic heterocycles. The number of fused-ring (bicyclic) bond motifs is 1. The quantitative estimate of drug-likeness (QED) is 0.862. The van der Waals surface area contributed by atoms with Gasteiger partial charge >= 0.3 is 0 Å². The molecule has 1 atom stereocenters. The van der Waals surface area contributed by atoms with Gasteiger partial charge in [-0.05, 0) is 36.2 Å². The second kappa shape index (κ2) is 4.76. The molecule has 3 heteroatoms. The highest BCUT2D eigenvalue weighted by Crippen LogP contribution is 2.25. The first-order valence-electron chi connectivity index (χ1n) is 6.44. The van der Waals surface area contributed by atoms with E-state index in [1.807, 2.05) is 49.4 Å². The summed E-state index contributed by atoms with van der Waals surface area (Å²) in [5.41, 5.74) is 4.25. The maximum atomic E-state index is 12.2. The number of amides is 1. The number of hydrogen-bond donors (Lipinski definition) is 2. The van der Waals surface area contributed by atoms with Gasteiger partial charge in [0.15, 0.2) is 0 Å². The van der Waals surface area contributed by atoms with Gasteiger partial charge in [0.2, 0.25) is 5.91 Å². The molecule has 0 bridgehead atoms. The van der Waals surface area contributed by atoms with Crippen LogP contribution in [0.2, 0.25) is 0 Å². The van der Waals surface area contributed by atoms with E-state index in [2.05, 4.69) is 16.7 Å². The summed E-state index contributed by atoms with van der Waals surface area (Å²) in [4.78, 5) is 12.2. The van der Waals surface area contributed by atoms with E-state index < -0.39 is 0 Å². The Kier molecular flexibility index (Phi) is 2.95. The fourth-order valence-corrected chi connectivity index (χ4v) is 2.41. The molecule has 3 rings (SSSR count). The minimum absolute atomic E-state index is 0.0156. The molecule has 1 aliphatic heterocycles. The van der Waals surface area contributed by atoms with E-state index in [0.29, 0.717) is 0 Å². The standard InChI is InChI=1S/C16H16N2O/c1-11-5-4-7-13(9-11)17-16(19)15-10-12-6-2-3-8-14(12)18-15/h2-9,15,18H,10H2,1H3,(H,17,19). The lowest BCUT2D eigenvalue weighted by molar-refractivity contribution is -0.116. The van der Waals surface area contributed by atoms with Crippen LogP contribution in [0.4, 0.5) is 11.4 Å². The van der Waals surface area contributed by atoms with Crippen molar-refractivity contribution in [3.05, 3.63) is 59.7 Å². The van der Waals surface area contributed by atoms with Gasteiger partial charge in [-0.25, -0.2) is 0 Å². The van der Waals surface area contributed by atoms with Gasteiger partial charge in [-0.2, -0.15) is 0 Å². The number of hydrogen-bond acceptors (Lipinski definition) is 2. The van der Waals surface area contributed by atoms with Gasteiger partial charge in [-0.3, -0.25) is 4.79 Å². The van der Waals surface area contributed by atoms with Crippen LogP contribution in [-0.4, -0.2) is 11.9 Å². The molecule has 0 aliphatic carbocycles. The van der Waals surface area contributed by atoms with E-state index in [9.17, 15) is 4.79 Å². The predicted octanol–water partition coefficient (Wildman–Crippen LogP) is 2.97. The molecule has 19 heavy (non-hydrogen) atoms. The highest BCUT2D eigenvalue weighted by Gasteiger charge is 2.26. The topological polar surface area (TPSA) is 41.1 Å². The third-order valence-corrected chi connectivity index (χ3v) is 3.37. The lowest BCUT2D eigenvalue weighted by atomic mass is 10.1. The van der Waals surface area contributed by atoms with Crippen molar-refractivity contribution < 1.29 is 4.79 Å². The summed E-state index contributed by atoms with van der Waals surface area (Å²) in [6.45, 7) is 2.01. The van der Waals surface area contributed by atoms with Crippen LogP contribution in [-0.2, 0) is 11.2 Å². The van der Waals surface area contributed by atoms with Crippen LogP contribution in [0, 0.1) is 6.92 Å². The second-order valence-corrected chi connectivity index (χ2v) is 4.92. The lowest BCUT2D eigenvalue weighted by Gasteiger charge is -2.12. The first kappa shape index (κ1) is 11.8. The van der Waals surface area contributed by atoms with E-state index in [0.717, 1.165) is 23.4 Å². The van der Waals surface area contributed by atoms with Crippen molar-refractivity contribution in [1.29, 1.82) is 0 Å². The largest absolute Gasteiger partial charge is 0.373 e. The Balaban J connectivity index is 1.70. The Morgan fingerprint density at radius 3 is 2.84 bits per heavy atom. The Labute approximate surface area is 112 Å². The number of para-hydroxylation sites is 1. The van der Waals surface area contributed by atoms with Gasteiger partial charge in [0, 0.05) is 17.8 Å². The molecule has 96 valence electrons. The van der Waals surface area contributed by atoms with E-state index in [1.54, 1.807) is 0 Å². The van der Waals surface area contributed by atoms with Crippen molar-refractivity contribution >= 4 is 17.3 Å². The highest BCUT2D eigenvalue weighted by molar-refractivity contribution is 5.98. The molecule has 1 amide bonds. The minimum atomic E-state index is -0.182. The van der Waals surface area contributed by atoms with Crippen LogP contribution in [0.25, 0.3) is 0 Å². The SMILES string of the molecule is Cc1cccc(NC(=O)C2Cc3ccccc3N2)c1. The summed E-state index contributed by atoms with van der Waals surface area (Å²) in [5, 5.41) is 6.22. The summed E-state index contributed by atoms with van der Waals surface area (Å²) in [6, 6.07) is 15.7. The molecule has 1 heterocycles. The third kappa shape index (κ3) is 2.45. The highest BCUT2D eigenvalue weighted by atomic mass is 16.2. The fraction of sp³-hybridized carbons (Fsp3) is 0.188. The van der Waals surface area contributed by atoms with Crippen molar-refractivity contribution in [2.24, 2.45) is 0 Å². The van der Waals surface area contributed by atoms with Gasteiger partial charge in [-0.15, -0.1) is 0 Å². The second-order valence-electron chi connectivity index (χ2n) is 4.92. The number of carbonyl (C=O) groups is 1. The summed E-state index contributed by atoms with van der Waals surface area (Å²) >= 11 is 0. The van der Waals surface area contributed by atoms with E-state index in [1.165, 1.54) is 5.56 Å². The van der Waals surface area contributed by atoms with Crippen LogP contribution in [0.15, 0.2) is 48.5 Å². The van der Waals surface area contributed by atoms with Crippen molar-refractivity contribution in [3.8, 4) is 0 Å². The van der Waals surface area contributed by atoms with Crippen molar-refractivity contribution in [3.63, 3.8) is 0 Å². The molecule has 0 spiro atoms. The Bertz CT molecular complexity index is 597. The van der Waals surface area contributed by atoms with E-state index >= 15 is 0 Å². The van der Waals surface area contributed by atoms with E-state index in [-0.39, 0.29) is 11.9 Å². The maximum Gasteiger partial charge on any atom is 0.247 e. The zero-order chi connectivity index (χ0) is 13.2. The van der Waals surface area contributed by atoms with Crippen molar-refractivity contribution in [2.45, 2.75) is 19.4 Å². The fourth-order valence-electron chi connectivity index (χ4n) is 2.41. The molecule has 0 radical (unpaired) electrons. The molecule has 1 unspecified atom stereocenters. The smallest absolute Gasteiger partial charge is 0.247 e. The van der Waals surface area contributed by atoms with Crippen molar-refractivity contribution in [1.82, 2.24) is 0 Å². The summed E-state index contributed by atoms with van der Waals surface area (Å²) in [5.74, 6) is 0.0156. The molecule has 3 nitrogen and oxygen atoms in total. The van der Waals surface area contributed by atoms with Gasteiger partial charge < -0.3 is 10.6 Å². The van der Waals surface area contributed by atoms with E-state index in [4.69, 9.17) is 0 Å². The number of anilines is 2. The summed E-state index contributed by atoms with van der Waals surface area (Å²) in [7, 11) is 0. The monoisotopic (exact) mass is 252 g/mol. The van der Waals surface area contributed by atoms with Crippen LogP contribution in [0.1, 0.15) is 11.1 Å². The minimum Gasteiger partial charge on any atom is -0.373 e. The average molecular weight is 252 g/mol. The summed E-state index contributed by atoms with van der Waals surface area (Å²) < 4.78 is 0. The normalized spacial score (nSPS) is 16.6. The van der Waals surface area contributed by atoms with Crippen LogP contribution < -0.4 is 10.6 Å². The molecule has 2 aromatic carbocycles. The first-order chi connectivity index (χ1) is 9.22. The molecule has 0 saturated carbocycles. The molecule has 0 saturated heterocycles. The lowest BCUT2D eigenvalue weighted by Crippen LogP contribution is -2.32. The third-order valence-electron chi connectivity index (χ3n) is 3.37. The zero-order valence-corrected chi connectivity index (χ0v) is 10.8. The number of rotatable bonds is 2. The Morgan fingerprint density at radius 2 is 2.05 bits per heavy atom. The Hall–Kier alpha value is -2.29. The average Bonchev–Trinajstić information content (AvgIpc) is 2.82. The van der Waals surface area contributed by atoms with Crippen LogP contribution in [0.3, 0.4) is 0 Å². The van der Waals surface area contributed by atoms with Crippen molar-refractivity contribution in [2.75, 3.05) is 10.6 Å². The Morgan fingerprint density at radius 1 is 1.21 bits per heavy atom. The van der Waals surface area contributed by atoms with Crippen LogP contribution in [0.5, 0.6) is 0 Å². The van der Waals surface area contributed by atoms with Crippen LogP contribution >= 0.6 is 0 Å². The predicted molar refractivity (Wildman–Crippen MR) is 77.4 cm³/mol. The van der Waals surface area contributed by atoms with Gasteiger partial charge in [0.05, 0.1) is 0 Å². The van der Waals surface area contributed by atoms with Gasteiger partial charge in [-0.1, -0.05) is 30.3 Å². The number of carbonyl (C=O) groups excluding carboxylic acids is 1.